The number of aliphatic hydroxyl groups is 3. The van der Waals surface area contributed by atoms with Gasteiger partial charge in [-0.2, -0.15) is 0 Å². The van der Waals surface area contributed by atoms with Crippen molar-refractivity contribution < 1.29 is 44.3 Å². The number of nitrogens with two attached hydrogens (primary N) is 1. The number of fused-ring (bicyclic) bond motifs is 4. The van der Waals surface area contributed by atoms with Crippen LogP contribution in [0.3, 0.4) is 0 Å². The van der Waals surface area contributed by atoms with Crippen molar-refractivity contribution in [1.29, 1.82) is 0 Å². The maximum atomic E-state index is 17.0. The van der Waals surface area contributed by atoms with Gasteiger partial charge in [0.2, 0.25) is 5.78 Å². The Morgan fingerprint density at radius 2 is 1.73 bits per heavy atom. The minimum absolute atomic E-state index is 0.0101. The number of carbonyl (C=O) groups excluding carboxylic acids is 3. The Morgan fingerprint density at radius 3 is 2.54 bits per heavy atom. The summed E-state index contributed by atoms with van der Waals surface area (Å²) in [5.41, 5.74) is 10.7. The molecular weight excluding hydrogens is 1160 g/mol. The molecule has 0 radical (unpaired) electrons. The zero-order valence-corrected chi connectivity index (χ0v) is 55.2. The fraction of sp³-hybridized carbons (Fsp3) is 0.628. The topological polar surface area (TPSA) is 240 Å². The molecule has 1 saturated heterocycles. The smallest absolute Gasteiger partial charge is 0.350 e. The Kier molecular flexibility index (Phi) is 16.9. The lowest BCUT2D eigenvalue weighted by Gasteiger charge is -2.63. The molecule has 2 spiro atoms. The zero-order chi connectivity index (χ0) is 64.2. The summed E-state index contributed by atoms with van der Waals surface area (Å²) in [4.78, 5) is 50.1. The highest BCUT2D eigenvalue weighted by atomic mass is 16.7. The number of Topliss-reactive ketones (excluding diaryl/α,β-unsaturated/α-hetero) is 2. The van der Waals surface area contributed by atoms with Crippen molar-refractivity contribution in [2.75, 3.05) is 33.4 Å². The van der Waals surface area contributed by atoms with Crippen LogP contribution in [0.1, 0.15) is 199 Å². The van der Waals surface area contributed by atoms with Crippen molar-refractivity contribution >= 4 is 17.5 Å². The molecule has 93 heavy (non-hydrogen) atoms. The SMILES string of the molecule is CN[C@H]1CCC2=C(NCC=C2CC/C(C)=C(\CO)C[C@@]23O[C@@]24C(=O)O[C@@H]2[C@H]5C[C@H](O)[C@@]6(CC[C@@H](CO)C6)[C@H]6C[C@H](c7cccc(O)c7)C7=CC(=CNC7N)C[C@](C)(CCCC[C@@H]7CC=CC8=C[C@@](NCC9CCCCC9)(C[C@@H]56)[C@@H]2C[C@@H]87)Cc2cccc(c2C4=O)C3=O)N1. The number of ketones is 2. The third kappa shape index (κ3) is 10.8. The van der Waals surface area contributed by atoms with Crippen LogP contribution in [-0.4, -0.2) is 113 Å². The van der Waals surface area contributed by atoms with Crippen molar-refractivity contribution in [2.45, 2.75) is 215 Å². The van der Waals surface area contributed by atoms with Crippen LogP contribution in [0.25, 0.3) is 0 Å². The van der Waals surface area contributed by atoms with Gasteiger partial charge in [0.25, 0.3) is 5.60 Å². The van der Waals surface area contributed by atoms with Crippen LogP contribution in [-0.2, 0) is 20.7 Å². The molecule has 0 amide bonds. The van der Waals surface area contributed by atoms with Gasteiger partial charge in [-0.05, 0) is 239 Å². The van der Waals surface area contributed by atoms with Crippen molar-refractivity contribution in [3.63, 3.8) is 0 Å². The predicted octanol–water partition coefficient (Wildman–Crippen LogP) is 10.6. The molecule has 13 aliphatic rings. The Bertz CT molecular complexity index is 3540. The van der Waals surface area contributed by atoms with E-state index >= 15 is 14.4 Å². The van der Waals surface area contributed by atoms with Crippen LogP contribution in [0.15, 0.2) is 124 Å². The number of dihydropyridines is 2. The van der Waals surface area contributed by atoms with Gasteiger partial charge in [0.15, 0.2) is 11.4 Å². The number of nitrogens with one attached hydrogen (secondary N) is 5. The molecule has 2 aromatic rings. The first-order valence-electron chi connectivity index (χ1n) is 36.2. The number of hydrogen-bond acceptors (Lipinski definition) is 15. The molecule has 1 unspecified atom stereocenters. The Labute approximate surface area is 550 Å². The lowest BCUT2D eigenvalue weighted by molar-refractivity contribution is -0.198. The maximum absolute atomic E-state index is 17.0. The van der Waals surface area contributed by atoms with Crippen LogP contribution in [0.5, 0.6) is 5.75 Å². The van der Waals surface area contributed by atoms with Gasteiger partial charge in [-0.3, -0.25) is 9.59 Å². The molecule has 17 atom stereocenters. The number of phenolic OH excluding ortho intramolecular Hbond substituents is 1. The lowest BCUT2D eigenvalue weighted by Crippen LogP contribution is -2.68. The molecule has 6 aliphatic heterocycles. The highest BCUT2D eigenvalue weighted by Gasteiger charge is 2.86. The molecule has 7 aliphatic carbocycles. The number of phenols is 1. The van der Waals surface area contributed by atoms with E-state index in [1.807, 2.05) is 38.2 Å². The summed E-state index contributed by atoms with van der Waals surface area (Å²) in [6.45, 7) is 5.43. The zero-order valence-electron chi connectivity index (χ0n) is 55.2. The van der Waals surface area contributed by atoms with Gasteiger partial charge >= 0.3 is 5.97 Å². The molecule has 6 heterocycles. The number of carbonyl (C=O) groups is 3. The molecule has 2 aromatic carbocycles. The van der Waals surface area contributed by atoms with Crippen LogP contribution in [0.2, 0.25) is 0 Å². The largest absolute Gasteiger partial charge is 0.508 e. The molecule has 15 nitrogen and oxygen atoms in total. The van der Waals surface area contributed by atoms with Crippen molar-refractivity contribution in [1.82, 2.24) is 26.6 Å². The van der Waals surface area contributed by atoms with Crippen LogP contribution in [0.4, 0.5) is 0 Å². The second kappa shape index (κ2) is 24.8. The molecule has 11 N–H and O–H groups in total. The summed E-state index contributed by atoms with van der Waals surface area (Å²) in [6, 6.07) is 13.2. The van der Waals surface area contributed by atoms with E-state index < -0.39 is 70.1 Å². The highest BCUT2D eigenvalue weighted by Crippen LogP contribution is 2.68. The third-order valence-corrected chi connectivity index (χ3v) is 26.7. The molecule has 5 fully saturated rings. The van der Waals surface area contributed by atoms with E-state index in [1.165, 1.54) is 36.0 Å². The Balaban J connectivity index is 0.927. The standard InChI is InChI=1S/C78H102N6O9/c1-45(21-22-50-26-29-81-72-56(50)23-24-66(80-3)84-72)54(44-86)39-77-69(89)57-20-11-18-53-37-74(2)27-8-7-14-49-15-9-17-52-38-76(83-42-46-12-5-4-6-13-46)40-62-60(68(64(76)32-58(49)52)92-73(91)78(77,93-77)70(90)67(53)57)34-65(88)75(28-25-47(36-75)43-85)63(62)33-59(51-16-10-19-55(87)31-51)61-30-48(35-74)41-82-71(61)79/h9-11,16-20,26,30-31,38,41,46-47,49,58-60,62-66,68,71,80-88H,4-8,12-15,21-25,27-29,32-37,39-40,42-44,79H2,1-3H3/b54-45-/t47-,49-,58-,59-,60+,62+,63+,64-,65+,66-,68-,71?,74+,75-,76-,77+,78+/m1/s1. The number of aliphatic hydroxyl groups excluding tert-OH is 3. The van der Waals surface area contributed by atoms with E-state index in [1.54, 1.807) is 12.1 Å². The fourth-order valence-corrected chi connectivity index (χ4v) is 21.8. The van der Waals surface area contributed by atoms with Crippen molar-refractivity contribution in [3.8, 4) is 5.75 Å². The van der Waals surface area contributed by atoms with Gasteiger partial charge < -0.3 is 62.2 Å². The monoisotopic (exact) mass is 1270 g/mol. The quantitative estimate of drug-likeness (QED) is 0.0412. The number of esters is 1. The minimum atomic E-state index is -2.35. The van der Waals surface area contributed by atoms with Crippen molar-refractivity contribution in [3.05, 3.63) is 146 Å². The molecule has 15 rings (SSSR count). The predicted molar refractivity (Wildman–Crippen MR) is 358 cm³/mol. The number of hydrogen-bond donors (Lipinski definition) is 10. The number of aromatic hydroxyl groups is 1. The van der Waals surface area contributed by atoms with E-state index in [2.05, 4.69) is 76.2 Å². The molecule has 0 aromatic heterocycles. The summed E-state index contributed by atoms with van der Waals surface area (Å²) in [5.74, 6) is -0.965. The maximum Gasteiger partial charge on any atom is 0.350 e. The second-order valence-electron chi connectivity index (χ2n) is 31.8. The Morgan fingerprint density at radius 1 is 0.892 bits per heavy atom. The van der Waals surface area contributed by atoms with Gasteiger partial charge in [-0.1, -0.05) is 105 Å². The number of ether oxygens (including phenoxy) is 2. The van der Waals surface area contributed by atoms with E-state index in [0.717, 1.165) is 118 Å². The van der Waals surface area contributed by atoms with Gasteiger partial charge in [0, 0.05) is 60.2 Å². The minimum Gasteiger partial charge on any atom is -0.508 e. The summed E-state index contributed by atoms with van der Waals surface area (Å²) >= 11 is 0. The summed E-state index contributed by atoms with van der Waals surface area (Å²) in [5, 5.41) is 66.4. The van der Waals surface area contributed by atoms with Gasteiger partial charge in [-0.25, -0.2) is 4.79 Å². The first-order valence-corrected chi connectivity index (χ1v) is 36.2. The van der Waals surface area contributed by atoms with Gasteiger partial charge in [0.1, 0.15) is 17.7 Å². The average molecular weight is 1270 g/mol. The number of benzene rings is 2. The highest BCUT2D eigenvalue weighted by molar-refractivity contribution is 6.33. The van der Waals surface area contributed by atoms with Crippen LogP contribution >= 0.6 is 0 Å². The number of allylic oxidation sites excluding steroid dienone is 8. The van der Waals surface area contributed by atoms with Gasteiger partial charge in [-0.15, -0.1) is 0 Å². The number of epoxide rings is 1. The molecule has 11 bridgehead atoms. The summed E-state index contributed by atoms with van der Waals surface area (Å²) in [6.07, 6.45) is 31.2. The fourth-order valence-electron chi connectivity index (χ4n) is 21.8. The molecule has 498 valence electrons. The third-order valence-electron chi connectivity index (χ3n) is 26.7. The summed E-state index contributed by atoms with van der Waals surface area (Å²) < 4.78 is 14.7. The van der Waals surface area contributed by atoms with E-state index in [-0.39, 0.29) is 77.5 Å². The Hall–Kier alpha value is -5.65. The van der Waals surface area contributed by atoms with E-state index in [9.17, 15) is 20.4 Å². The van der Waals surface area contributed by atoms with E-state index in [4.69, 9.17) is 15.2 Å². The summed E-state index contributed by atoms with van der Waals surface area (Å²) in [7, 11) is 1.97. The van der Waals surface area contributed by atoms with Crippen LogP contribution in [0, 0.1) is 58.2 Å². The number of rotatable bonds is 12. The molecular formula is C78H102N6O9. The lowest BCUT2D eigenvalue weighted by atomic mass is 9.45. The average Bonchev–Trinajstić information content (AvgIpc) is 1.50. The van der Waals surface area contributed by atoms with Gasteiger partial charge in [0.05, 0.1) is 25.0 Å². The molecule has 15 heteroatoms. The molecule has 4 saturated carbocycles. The second-order valence-corrected chi connectivity index (χ2v) is 31.8. The van der Waals surface area contributed by atoms with Crippen molar-refractivity contribution in [2.24, 2.45) is 63.9 Å². The van der Waals surface area contributed by atoms with E-state index in [0.29, 0.717) is 74.5 Å². The first kappa shape index (κ1) is 63.4. The first-order chi connectivity index (χ1) is 45.0. The normalized spacial score (nSPS) is 39.7. The van der Waals surface area contributed by atoms with Crippen LogP contribution < -0.4 is 32.3 Å².